The van der Waals surface area contributed by atoms with Gasteiger partial charge in [-0.15, -0.1) is 0 Å². The van der Waals surface area contributed by atoms with E-state index < -0.39 is 0 Å². The lowest BCUT2D eigenvalue weighted by molar-refractivity contribution is 0.669. The molecule has 208 valence electrons. The second-order valence-corrected chi connectivity index (χ2v) is 12.0. The molecule has 0 amide bonds. The van der Waals surface area contributed by atoms with Crippen molar-refractivity contribution < 1.29 is 4.42 Å². The molecule has 1 aliphatic rings. The largest absolute Gasteiger partial charge is 0.456 e. The number of furan rings is 1. The highest BCUT2D eigenvalue weighted by molar-refractivity contribution is 6.27. The van der Waals surface area contributed by atoms with Crippen LogP contribution in [0.5, 0.6) is 0 Å². The van der Waals surface area contributed by atoms with Crippen molar-refractivity contribution in [1.82, 2.24) is 0 Å². The van der Waals surface area contributed by atoms with Gasteiger partial charge in [0.05, 0.1) is 0 Å². The van der Waals surface area contributed by atoms with Gasteiger partial charge in [-0.05, 0) is 95.4 Å². The van der Waals surface area contributed by atoms with Crippen LogP contribution in [-0.2, 0) is 0 Å². The third kappa shape index (κ3) is 3.44. The van der Waals surface area contributed by atoms with Crippen molar-refractivity contribution in [3.63, 3.8) is 0 Å². The SMILES string of the molecule is c1cc(-c2c3ccccc3c3c4c(cccc24)-c2ccccc2-c2ccccc2-3)cc(-c2cccc3oc4ccccc4c23)c1. The molecule has 0 fully saturated rings. The Morgan fingerprint density at radius 3 is 1.62 bits per heavy atom. The van der Waals surface area contributed by atoms with Gasteiger partial charge in [-0.3, -0.25) is 0 Å². The maximum Gasteiger partial charge on any atom is 0.136 e. The average molecular weight is 571 g/mol. The molecule has 45 heavy (non-hydrogen) atoms. The van der Waals surface area contributed by atoms with Crippen molar-refractivity contribution in [2.75, 3.05) is 0 Å². The Hall–Kier alpha value is -5.92. The maximum absolute atomic E-state index is 6.26. The molecule has 0 N–H and O–H groups in total. The molecule has 1 aromatic heterocycles. The molecule has 0 bridgehead atoms. The van der Waals surface area contributed by atoms with Crippen molar-refractivity contribution in [1.29, 1.82) is 0 Å². The second-order valence-electron chi connectivity index (χ2n) is 12.0. The van der Waals surface area contributed by atoms with E-state index in [0.717, 1.165) is 21.9 Å². The van der Waals surface area contributed by atoms with Gasteiger partial charge in [0, 0.05) is 10.8 Å². The fourth-order valence-electron chi connectivity index (χ4n) is 7.79. The molecule has 8 aromatic carbocycles. The van der Waals surface area contributed by atoms with E-state index in [4.69, 9.17) is 4.42 Å². The van der Waals surface area contributed by atoms with Gasteiger partial charge < -0.3 is 4.42 Å². The summed E-state index contributed by atoms with van der Waals surface area (Å²) in [5.41, 5.74) is 14.4. The fourth-order valence-corrected chi connectivity index (χ4v) is 7.79. The summed E-state index contributed by atoms with van der Waals surface area (Å²) < 4.78 is 6.26. The summed E-state index contributed by atoms with van der Waals surface area (Å²) in [5, 5.41) is 7.45. The van der Waals surface area contributed by atoms with Gasteiger partial charge in [-0.1, -0.05) is 140 Å². The molecule has 0 saturated carbocycles. The molecule has 1 nitrogen and oxygen atoms in total. The molecule has 0 atom stereocenters. The van der Waals surface area contributed by atoms with Crippen molar-refractivity contribution in [2.45, 2.75) is 0 Å². The fraction of sp³-hybridized carbons (Fsp3) is 0. The predicted octanol–water partition coefficient (Wildman–Crippen LogP) is 12.5. The molecule has 0 spiro atoms. The molecule has 9 aromatic rings. The number of para-hydroxylation sites is 1. The normalized spacial score (nSPS) is 12.0. The molecule has 0 radical (unpaired) electrons. The number of hydrogen-bond donors (Lipinski definition) is 0. The van der Waals surface area contributed by atoms with Crippen LogP contribution >= 0.6 is 0 Å². The highest BCUT2D eigenvalue weighted by Gasteiger charge is 2.25. The van der Waals surface area contributed by atoms with Gasteiger partial charge >= 0.3 is 0 Å². The van der Waals surface area contributed by atoms with Crippen LogP contribution < -0.4 is 0 Å². The van der Waals surface area contributed by atoms with E-state index in [1.165, 1.54) is 77.2 Å². The van der Waals surface area contributed by atoms with Crippen LogP contribution in [0.2, 0.25) is 0 Å². The molecule has 0 saturated heterocycles. The van der Waals surface area contributed by atoms with Gasteiger partial charge in [0.1, 0.15) is 11.2 Å². The summed E-state index contributed by atoms with van der Waals surface area (Å²) in [6, 6.07) is 57.4. The third-order valence-corrected chi connectivity index (χ3v) is 9.62. The van der Waals surface area contributed by atoms with Crippen LogP contribution in [0.4, 0.5) is 0 Å². The Balaban J connectivity index is 1.32. The molecular formula is C44H26O. The van der Waals surface area contributed by atoms with Crippen molar-refractivity contribution >= 4 is 43.5 Å². The standard InChI is InChI=1S/C44H26O/c1-2-15-32-30(14-1)31-16-3-4-17-33(31)43-36-19-6-5-18-35(36)41(38-23-10-22-34(32)44(38)43)28-13-9-12-27(26-28)29-21-11-25-40-42(29)37-20-7-8-24-39(37)45-40/h1-26H. The minimum Gasteiger partial charge on any atom is -0.456 e. The van der Waals surface area contributed by atoms with Gasteiger partial charge in [-0.25, -0.2) is 0 Å². The lowest BCUT2D eigenvalue weighted by Gasteiger charge is -2.19. The summed E-state index contributed by atoms with van der Waals surface area (Å²) in [6.07, 6.45) is 0. The molecular weight excluding hydrogens is 544 g/mol. The van der Waals surface area contributed by atoms with Gasteiger partial charge in [0.25, 0.3) is 0 Å². The lowest BCUT2D eigenvalue weighted by atomic mass is 9.83. The highest BCUT2D eigenvalue weighted by atomic mass is 16.3. The van der Waals surface area contributed by atoms with Crippen LogP contribution in [-0.4, -0.2) is 0 Å². The molecule has 10 rings (SSSR count). The van der Waals surface area contributed by atoms with Crippen LogP contribution in [0.3, 0.4) is 0 Å². The van der Waals surface area contributed by atoms with Crippen LogP contribution in [0.15, 0.2) is 162 Å². The second kappa shape index (κ2) is 9.29. The van der Waals surface area contributed by atoms with Crippen LogP contribution in [0.1, 0.15) is 0 Å². The monoisotopic (exact) mass is 570 g/mol. The first kappa shape index (κ1) is 24.5. The van der Waals surface area contributed by atoms with Crippen LogP contribution in [0.25, 0.3) is 99.1 Å². The number of rotatable bonds is 2. The number of benzene rings is 8. The average Bonchev–Trinajstić information content (AvgIpc) is 3.44. The van der Waals surface area contributed by atoms with E-state index in [9.17, 15) is 0 Å². The Kier molecular flexibility index (Phi) is 5.06. The summed E-state index contributed by atoms with van der Waals surface area (Å²) in [4.78, 5) is 0. The van der Waals surface area contributed by atoms with Crippen molar-refractivity contribution in [3.8, 4) is 55.6 Å². The van der Waals surface area contributed by atoms with Crippen molar-refractivity contribution in [2.24, 2.45) is 0 Å². The minimum absolute atomic E-state index is 0.916. The van der Waals surface area contributed by atoms with E-state index in [1.807, 2.05) is 6.07 Å². The van der Waals surface area contributed by atoms with Crippen molar-refractivity contribution in [3.05, 3.63) is 158 Å². The molecule has 1 heterocycles. The topological polar surface area (TPSA) is 13.1 Å². The minimum atomic E-state index is 0.916. The zero-order valence-corrected chi connectivity index (χ0v) is 24.4. The number of fused-ring (bicyclic) bond motifs is 10. The molecule has 0 aliphatic heterocycles. The first-order valence-corrected chi connectivity index (χ1v) is 15.5. The first-order chi connectivity index (χ1) is 22.3. The first-order valence-electron chi connectivity index (χ1n) is 15.5. The predicted molar refractivity (Wildman–Crippen MR) is 189 cm³/mol. The van der Waals surface area contributed by atoms with E-state index in [2.05, 4.69) is 152 Å². The zero-order valence-electron chi connectivity index (χ0n) is 24.4. The zero-order chi connectivity index (χ0) is 29.5. The Labute approximate surface area is 260 Å². The Morgan fingerprint density at radius 1 is 0.289 bits per heavy atom. The number of hydrogen-bond acceptors (Lipinski definition) is 1. The lowest BCUT2D eigenvalue weighted by Crippen LogP contribution is -1.92. The summed E-state index contributed by atoms with van der Waals surface area (Å²) >= 11 is 0. The summed E-state index contributed by atoms with van der Waals surface area (Å²) in [7, 11) is 0. The Bertz CT molecular complexity index is 2650. The van der Waals surface area contributed by atoms with Gasteiger partial charge in [0.2, 0.25) is 0 Å². The van der Waals surface area contributed by atoms with Gasteiger partial charge in [-0.2, -0.15) is 0 Å². The molecule has 1 aliphatic carbocycles. The molecule has 0 unspecified atom stereocenters. The quantitative estimate of drug-likeness (QED) is 0.188. The van der Waals surface area contributed by atoms with Gasteiger partial charge in [0.15, 0.2) is 0 Å². The smallest absolute Gasteiger partial charge is 0.136 e. The maximum atomic E-state index is 6.26. The molecule has 1 heteroatoms. The summed E-state index contributed by atoms with van der Waals surface area (Å²) in [5.74, 6) is 0. The highest BCUT2D eigenvalue weighted by Crippen LogP contribution is 2.53. The van der Waals surface area contributed by atoms with E-state index in [0.29, 0.717) is 0 Å². The summed E-state index contributed by atoms with van der Waals surface area (Å²) in [6.45, 7) is 0. The Morgan fingerprint density at radius 2 is 0.800 bits per heavy atom. The van der Waals surface area contributed by atoms with Crippen LogP contribution in [0, 0.1) is 0 Å². The van der Waals surface area contributed by atoms with E-state index in [1.54, 1.807) is 0 Å². The third-order valence-electron chi connectivity index (χ3n) is 9.62. The van der Waals surface area contributed by atoms with E-state index in [-0.39, 0.29) is 0 Å². The van der Waals surface area contributed by atoms with E-state index >= 15 is 0 Å².